The lowest BCUT2D eigenvalue weighted by molar-refractivity contribution is 0.652. The van der Waals surface area contributed by atoms with Gasteiger partial charge in [-0.15, -0.1) is 0 Å². The number of hydrogen-bond acceptors (Lipinski definition) is 4. The van der Waals surface area contributed by atoms with Crippen molar-refractivity contribution in [2.45, 2.75) is 13.8 Å². The van der Waals surface area contributed by atoms with Gasteiger partial charge in [-0.3, -0.25) is 0 Å². The first-order valence-electron chi connectivity index (χ1n) is 8.35. The molecule has 25 heavy (non-hydrogen) atoms. The predicted octanol–water partition coefficient (Wildman–Crippen LogP) is 5.55. The second-order valence-corrected chi connectivity index (χ2v) is 8.19. The van der Waals surface area contributed by atoms with Crippen LogP contribution < -0.4 is 9.80 Å². The highest BCUT2D eigenvalue weighted by Crippen LogP contribution is 2.35. The molecule has 0 aliphatic carbocycles. The summed E-state index contributed by atoms with van der Waals surface area (Å²) in [6.45, 7) is 7.98. The summed E-state index contributed by atoms with van der Waals surface area (Å²) in [7, 11) is 0. The Labute approximate surface area is 161 Å². The number of thiazole rings is 1. The number of fused-ring (bicyclic) bond motifs is 1. The lowest BCUT2D eigenvalue weighted by Crippen LogP contribution is -2.46. The van der Waals surface area contributed by atoms with E-state index in [2.05, 4.69) is 35.8 Å². The van der Waals surface area contributed by atoms with Gasteiger partial charge >= 0.3 is 0 Å². The Kier molecular flexibility index (Phi) is 4.52. The molecule has 4 rings (SSSR count). The molecule has 0 spiro atoms. The fourth-order valence-corrected chi connectivity index (χ4v) is 4.72. The summed E-state index contributed by atoms with van der Waals surface area (Å²) in [5.41, 5.74) is 4.74. The Balaban J connectivity index is 1.54. The van der Waals surface area contributed by atoms with Crippen LogP contribution in [0.25, 0.3) is 10.2 Å². The Morgan fingerprint density at radius 1 is 0.960 bits per heavy atom. The van der Waals surface area contributed by atoms with Crippen molar-refractivity contribution < 1.29 is 0 Å². The van der Waals surface area contributed by atoms with Gasteiger partial charge in [-0.2, -0.15) is 0 Å². The predicted molar refractivity (Wildman–Crippen MR) is 110 cm³/mol. The van der Waals surface area contributed by atoms with Crippen LogP contribution in [0.4, 0.5) is 10.8 Å². The van der Waals surface area contributed by atoms with Crippen LogP contribution in [0.2, 0.25) is 10.0 Å². The van der Waals surface area contributed by atoms with Crippen LogP contribution in [0, 0.1) is 13.8 Å². The second kappa shape index (κ2) is 6.67. The van der Waals surface area contributed by atoms with E-state index in [0.29, 0.717) is 10.0 Å². The Morgan fingerprint density at radius 3 is 2.44 bits per heavy atom. The number of piperazine rings is 1. The van der Waals surface area contributed by atoms with Crippen LogP contribution >= 0.6 is 34.5 Å². The molecule has 0 radical (unpaired) electrons. The lowest BCUT2D eigenvalue weighted by Gasteiger charge is -2.36. The number of aromatic nitrogens is 1. The molecule has 1 saturated heterocycles. The van der Waals surface area contributed by atoms with Crippen LogP contribution in [-0.2, 0) is 0 Å². The summed E-state index contributed by atoms with van der Waals surface area (Å²) < 4.78 is 1.26. The molecule has 0 saturated carbocycles. The number of nitrogens with zero attached hydrogens (tertiary/aromatic N) is 3. The average molecular weight is 392 g/mol. The van der Waals surface area contributed by atoms with Crippen LogP contribution in [0.5, 0.6) is 0 Å². The molecule has 130 valence electrons. The van der Waals surface area contributed by atoms with Gasteiger partial charge in [-0.25, -0.2) is 4.98 Å². The second-order valence-electron chi connectivity index (χ2n) is 6.40. The van der Waals surface area contributed by atoms with Crippen molar-refractivity contribution in [2.75, 3.05) is 36.0 Å². The summed E-state index contributed by atoms with van der Waals surface area (Å²) in [4.78, 5) is 9.57. The van der Waals surface area contributed by atoms with Gasteiger partial charge in [-0.05, 0) is 43.2 Å². The molecule has 0 amide bonds. The molecule has 3 nitrogen and oxygen atoms in total. The number of rotatable bonds is 2. The minimum atomic E-state index is 0.610. The van der Waals surface area contributed by atoms with Crippen molar-refractivity contribution in [3.05, 3.63) is 51.5 Å². The van der Waals surface area contributed by atoms with Crippen molar-refractivity contribution in [2.24, 2.45) is 0 Å². The summed E-state index contributed by atoms with van der Waals surface area (Å²) in [5.74, 6) is 0. The number of hydrogen-bond donors (Lipinski definition) is 0. The molecular formula is C19H19Cl2N3S. The third-order valence-corrected chi connectivity index (χ3v) is 6.79. The van der Waals surface area contributed by atoms with Gasteiger partial charge < -0.3 is 9.80 Å². The normalized spacial score (nSPS) is 15.2. The highest BCUT2D eigenvalue weighted by Gasteiger charge is 2.22. The summed E-state index contributed by atoms with van der Waals surface area (Å²) in [5, 5.41) is 2.36. The highest BCUT2D eigenvalue weighted by molar-refractivity contribution is 7.22. The Bertz CT molecular complexity index is 930. The SMILES string of the molecule is Cc1ccc2sc(N3CCN(c4cccc(Cl)c4Cl)CC3)nc2c1C. The standard InChI is InChI=1S/C19H19Cl2N3S/c1-12-6-7-16-18(13(12)2)22-19(25-16)24-10-8-23(9-11-24)15-5-3-4-14(20)17(15)21/h3-7H,8-11H2,1-2H3. The molecule has 1 aromatic heterocycles. The maximum Gasteiger partial charge on any atom is 0.186 e. The molecule has 0 atom stereocenters. The first kappa shape index (κ1) is 17.0. The maximum absolute atomic E-state index is 6.37. The average Bonchev–Trinajstić information content (AvgIpc) is 3.06. The minimum absolute atomic E-state index is 0.610. The van der Waals surface area contributed by atoms with Gasteiger partial charge in [0, 0.05) is 26.2 Å². The van der Waals surface area contributed by atoms with Crippen LogP contribution in [-0.4, -0.2) is 31.2 Å². The molecule has 0 unspecified atom stereocenters. The monoisotopic (exact) mass is 391 g/mol. The van der Waals surface area contributed by atoms with Gasteiger partial charge in [0.1, 0.15) is 0 Å². The van der Waals surface area contributed by atoms with Gasteiger partial charge in [0.05, 0.1) is 25.9 Å². The van der Waals surface area contributed by atoms with E-state index >= 15 is 0 Å². The summed E-state index contributed by atoms with van der Waals surface area (Å²) in [6.07, 6.45) is 0. The number of halogens is 2. The van der Waals surface area contributed by atoms with E-state index < -0.39 is 0 Å². The smallest absolute Gasteiger partial charge is 0.186 e. The topological polar surface area (TPSA) is 19.4 Å². The number of benzene rings is 2. The molecule has 2 aromatic carbocycles. The van der Waals surface area contributed by atoms with E-state index in [1.165, 1.54) is 15.8 Å². The van der Waals surface area contributed by atoms with Crippen molar-refractivity contribution in [3.8, 4) is 0 Å². The summed E-state index contributed by atoms with van der Waals surface area (Å²) >= 11 is 14.3. The zero-order chi connectivity index (χ0) is 17.6. The number of aryl methyl sites for hydroxylation is 2. The molecule has 3 aromatic rings. The Hall–Kier alpha value is -1.49. The van der Waals surface area contributed by atoms with Crippen molar-refractivity contribution >= 4 is 55.6 Å². The van der Waals surface area contributed by atoms with Crippen molar-refractivity contribution in [3.63, 3.8) is 0 Å². The molecule has 0 bridgehead atoms. The molecule has 0 N–H and O–H groups in total. The quantitative estimate of drug-likeness (QED) is 0.570. The molecular weight excluding hydrogens is 373 g/mol. The lowest BCUT2D eigenvalue weighted by atomic mass is 10.1. The van der Waals surface area contributed by atoms with Crippen LogP contribution in [0.3, 0.4) is 0 Å². The van der Waals surface area contributed by atoms with E-state index in [0.717, 1.165) is 42.5 Å². The van der Waals surface area contributed by atoms with Crippen LogP contribution in [0.15, 0.2) is 30.3 Å². The minimum Gasteiger partial charge on any atom is -0.367 e. The fourth-order valence-electron chi connectivity index (χ4n) is 3.22. The van der Waals surface area contributed by atoms with Crippen LogP contribution in [0.1, 0.15) is 11.1 Å². The van der Waals surface area contributed by atoms with E-state index in [-0.39, 0.29) is 0 Å². The van der Waals surface area contributed by atoms with Gasteiger partial charge in [0.15, 0.2) is 5.13 Å². The van der Waals surface area contributed by atoms with E-state index in [9.17, 15) is 0 Å². The summed E-state index contributed by atoms with van der Waals surface area (Å²) in [6, 6.07) is 10.2. The largest absolute Gasteiger partial charge is 0.367 e. The first-order chi connectivity index (χ1) is 12.0. The third-order valence-electron chi connectivity index (χ3n) is 4.90. The molecule has 2 heterocycles. The maximum atomic E-state index is 6.37. The molecule has 1 fully saturated rings. The molecule has 6 heteroatoms. The van der Waals surface area contributed by atoms with Gasteiger partial charge in [0.25, 0.3) is 0 Å². The van der Waals surface area contributed by atoms with Gasteiger partial charge in [-0.1, -0.05) is 46.7 Å². The molecule has 1 aliphatic heterocycles. The van der Waals surface area contributed by atoms with Crippen molar-refractivity contribution in [1.29, 1.82) is 0 Å². The number of anilines is 2. The zero-order valence-corrected chi connectivity index (χ0v) is 16.5. The zero-order valence-electron chi connectivity index (χ0n) is 14.2. The van der Waals surface area contributed by atoms with Crippen molar-refractivity contribution in [1.82, 2.24) is 4.98 Å². The van der Waals surface area contributed by atoms with E-state index in [4.69, 9.17) is 28.2 Å². The highest BCUT2D eigenvalue weighted by atomic mass is 35.5. The third kappa shape index (κ3) is 3.07. The fraction of sp³-hybridized carbons (Fsp3) is 0.316. The van der Waals surface area contributed by atoms with E-state index in [1.807, 2.05) is 18.2 Å². The van der Waals surface area contributed by atoms with E-state index in [1.54, 1.807) is 11.3 Å². The molecule has 1 aliphatic rings. The van der Waals surface area contributed by atoms with Gasteiger partial charge in [0.2, 0.25) is 0 Å². The first-order valence-corrected chi connectivity index (χ1v) is 9.92. The Morgan fingerprint density at radius 2 is 1.68 bits per heavy atom.